The van der Waals surface area contributed by atoms with Gasteiger partial charge in [-0.3, -0.25) is 14.6 Å². The molecule has 0 fully saturated rings. The van der Waals surface area contributed by atoms with Crippen LogP contribution in [-0.2, 0) is 15.8 Å². The molecule has 2 atom stereocenters. The summed E-state index contributed by atoms with van der Waals surface area (Å²) < 4.78 is 51.9. The van der Waals surface area contributed by atoms with E-state index in [1.807, 2.05) is 13.8 Å². The van der Waals surface area contributed by atoms with Gasteiger partial charge in [-0.25, -0.2) is 0 Å². The molecule has 1 aliphatic heterocycles. The van der Waals surface area contributed by atoms with E-state index in [1.165, 1.54) is 32.4 Å². The van der Waals surface area contributed by atoms with Crippen LogP contribution < -0.4 is 14.8 Å². The van der Waals surface area contributed by atoms with E-state index < -0.39 is 29.5 Å². The number of hydrogen-bond acceptors (Lipinski definition) is 5. The fourth-order valence-electron chi connectivity index (χ4n) is 5.25. The van der Waals surface area contributed by atoms with Crippen molar-refractivity contribution in [3.8, 4) is 11.5 Å². The second-order valence-corrected chi connectivity index (χ2v) is 10.2. The number of ether oxygens (including phenoxy) is 2. The third kappa shape index (κ3) is 5.12. The van der Waals surface area contributed by atoms with E-state index in [9.17, 15) is 22.8 Å². The molecular weight excluding hydrogens is 485 g/mol. The summed E-state index contributed by atoms with van der Waals surface area (Å²) in [6.45, 7) is 5.62. The predicted octanol–water partition coefficient (Wildman–Crippen LogP) is 6.18. The number of ketones is 1. The number of nitrogens with one attached hydrogen (secondary N) is 1. The van der Waals surface area contributed by atoms with E-state index in [4.69, 9.17) is 9.47 Å². The average molecular weight is 515 g/mol. The number of allylic oxidation sites excluding steroid dienone is 2. The van der Waals surface area contributed by atoms with Crippen LogP contribution in [0.2, 0.25) is 0 Å². The zero-order valence-corrected chi connectivity index (χ0v) is 21.3. The highest BCUT2D eigenvalue weighted by Gasteiger charge is 2.47. The summed E-state index contributed by atoms with van der Waals surface area (Å²) in [5.41, 5.74) is 0.277. The van der Waals surface area contributed by atoms with Crippen LogP contribution in [0.3, 0.4) is 0 Å². The lowest BCUT2D eigenvalue weighted by molar-refractivity contribution is -0.137. The number of alkyl halides is 3. The molecule has 0 aromatic heterocycles. The van der Waals surface area contributed by atoms with E-state index in [0.717, 1.165) is 6.07 Å². The molecule has 9 heteroatoms. The van der Waals surface area contributed by atoms with Crippen molar-refractivity contribution in [2.24, 2.45) is 16.3 Å². The van der Waals surface area contributed by atoms with Gasteiger partial charge in [0.2, 0.25) is 5.91 Å². The molecule has 0 bridgehead atoms. The Morgan fingerprint density at radius 2 is 1.78 bits per heavy atom. The first-order valence-corrected chi connectivity index (χ1v) is 11.9. The number of nitrogens with zero attached hydrogens (tertiary/aromatic N) is 1. The van der Waals surface area contributed by atoms with Crippen LogP contribution in [0, 0.1) is 11.3 Å². The van der Waals surface area contributed by atoms with Gasteiger partial charge in [0.15, 0.2) is 5.78 Å². The first kappa shape index (κ1) is 26.4. The summed E-state index contributed by atoms with van der Waals surface area (Å²) in [6, 6.07) is 9.87. The third-order valence-electron chi connectivity index (χ3n) is 6.85. The first-order chi connectivity index (χ1) is 17.4. The topological polar surface area (TPSA) is 77.0 Å². The fraction of sp³-hybridized carbons (Fsp3) is 0.393. The largest absolute Gasteiger partial charge is 0.497 e. The van der Waals surface area contributed by atoms with Crippen molar-refractivity contribution in [1.29, 1.82) is 0 Å². The van der Waals surface area contributed by atoms with Crippen LogP contribution in [0.25, 0.3) is 0 Å². The number of Topliss-reactive ketones (excluding diaryl/α,β-unsaturated/α-hetero) is 1. The number of halogens is 3. The second kappa shape index (κ2) is 9.68. The van der Waals surface area contributed by atoms with Crippen molar-refractivity contribution in [3.05, 3.63) is 64.9 Å². The van der Waals surface area contributed by atoms with E-state index in [2.05, 4.69) is 10.3 Å². The Balaban J connectivity index is 1.88. The molecule has 1 unspecified atom stereocenters. The maximum Gasteiger partial charge on any atom is 0.418 e. The summed E-state index contributed by atoms with van der Waals surface area (Å²) in [6.07, 6.45) is -3.87. The Hall–Kier alpha value is -3.62. The van der Waals surface area contributed by atoms with Crippen LogP contribution in [0.5, 0.6) is 11.5 Å². The summed E-state index contributed by atoms with van der Waals surface area (Å²) in [5, 5.41) is 2.46. The molecule has 1 heterocycles. The Bertz CT molecular complexity index is 1310. The van der Waals surface area contributed by atoms with E-state index in [0.29, 0.717) is 40.5 Å². The molecule has 196 valence electrons. The molecule has 0 saturated carbocycles. The van der Waals surface area contributed by atoms with Gasteiger partial charge in [-0.2, -0.15) is 13.2 Å². The van der Waals surface area contributed by atoms with Crippen molar-refractivity contribution in [3.63, 3.8) is 0 Å². The Morgan fingerprint density at radius 1 is 1.08 bits per heavy atom. The summed E-state index contributed by atoms with van der Waals surface area (Å²) in [5.74, 6) is -1.80. The van der Waals surface area contributed by atoms with Gasteiger partial charge in [0.25, 0.3) is 0 Å². The maximum atomic E-state index is 13.7. The zero-order valence-electron chi connectivity index (χ0n) is 21.3. The highest BCUT2D eigenvalue weighted by molar-refractivity contribution is 6.13. The number of rotatable bonds is 5. The van der Waals surface area contributed by atoms with Crippen molar-refractivity contribution >= 4 is 23.1 Å². The Morgan fingerprint density at radius 3 is 2.43 bits per heavy atom. The Labute approximate surface area is 213 Å². The van der Waals surface area contributed by atoms with Crippen molar-refractivity contribution in [2.45, 2.75) is 45.7 Å². The molecule has 4 rings (SSSR count). The van der Waals surface area contributed by atoms with Crippen LogP contribution in [0.4, 0.5) is 18.9 Å². The minimum atomic E-state index is -4.66. The molecule has 2 aliphatic rings. The van der Waals surface area contributed by atoms with Gasteiger partial charge in [0.05, 0.1) is 31.4 Å². The number of carbonyl (C=O) groups is 2. The minimum absolute atomic E-state index is 0.147. The zero-order chi connectivity index (χ0) is 27.1. The third-order valence-corrected chi connectivity index (χ3v) is 6.85. The quantitative estimate of drug-likeness (QED) is 0.517. The first-order valence-electron chi connectivity index (χ1n) is 11.9. The molecule has 0 saturated heterocycles. The van der Waals surface area contributed by atoms with Gasteiger partial charge in [0, 0.05) is 34.9 Å². The van der Waals surface area contributed by atoms with Crippen LogP contribution in [0.15, 0.2) is 58.7 Å². The van der Waals surface area contributed by atoms with Gasteiger partial charge in [-0.1, -0.05) is 26.0 Å². The summed E-state index contributed by atoms with van der Waals surface area (Å²) in [7, 11) is 2.97. The van der Waals surface area contributed by atoms with E-state index in [1.54, 1.807) is 25.1 Å². The maximum absolute atomic E-state index is 13.7. The number of anilines is 1. The molecule has 1 aliphatic carbocycles. The average Bonchev–Trinajstić information content (AvgIpc) is 2.81. The number of methoxy groups -OCH3 is 2. The molecule has 2 aromatic rings. The van der Waals surface area contributed by atoms with Gasteiger partial charge >= 0.3 is 6.18 Å². The molecule has 0 radical (unpaired) electrons. The number of para-hydroxylation sites is 1. The standard InChI is InChI=1S/C28H29F3N2O4/c1-15-23(26(35)33-19-9-7-6-8-18(19)28(29,30)31)24(17-12-16(36-4)10-11-22(17)37-5)25-20(32-15)13-27(2,3)14-21(25)34/h6-12,23-24H,13-14H2,1-5H3,(H,33,35)/t23?,24-/m0/s1. The smallest absolute Gasteiger partial charge is 0.418 e. The molecule has 37 heavy (non-hydrogen) atoms. The number of benzene rings is 2. The molecule has 6 nitrogen and oxygen atoms in total. The van der Waals surface area contributed by atoms with Gasteiger partial charge < -0.3 is 14.8 Å². The molecule has 0 spiro atoms. The minimum Gasteiger partial charge on any atom is -0.497 e. The van der Waals surface area contributed by atoms with Gasteiger partial charge in [-0.05, 0) is 49.1 Å². The van der Waals surface area contributed by atoms with Crippen molar-refractivity contribution < 1.29 is 32.2 Å². The highest BCUT2D eigenvalue weighted by atomic mass is 19.4. The van der Waals surface area contributed by atoms with E-state index in [-0.39, 0.29) is 23.3 Å². The van der Waals surface area contributed by atoms with Crippen molar-refractivity contribution in [2.75, 3.05) is 19.5 Å². The fourth-order valence-corrected chi connectivity index (χ4v) is 5.25. The lowest BCUT2D eigenvalue weighted by atomic mass is 9.66. The monoisotopic (exact) mass is 514 g/mol. The molecule has 1 N–H and O–H groups in total. The lowest BCUT2D eigenvalue weighted by Gasteiger charge is -2.39. The highest BCUT2D eigenvalue weighted by Crippen LogP contribution is 2.50. The number of carbonyl (C=O) groups excluding carboxylic acids is 2. The summed E-state index contributed by atoms with van der Waals surface area (Å²) >= 11 is 0. The Kier molecular flexibility index (Phi) is 6.92. The molecular formula is C28H29F3N2O4. The normalized spacial score (nSPS) is 21.2. The predicted molar refractivity (Wildman–Crippen MR) is 134 cm³/mol. The van der Waals surface area contributed by atoms with Gasteiger partial charge in [-0.15, -0.1) is 0 Å². The number of amides is 1. The van der Waals surface area contributed by atoms with Crippen LogP contribution in [0.1, 0.15) is 50.7 Å². The number of aliphatic imine (C=N–C) groups is 1. The van der Waals surface area contributed by atoms with Crippen LogP contribution >= 0.6 is 0 Å². The SMILES string of the molecule is COc1ccc(OC)c([C@@H]2C3=C(CC(C)(C)CC3=O)N=C(C)C2C(=O)Nc2ccccc2C(F)(F)F)c1. The van der Waals surface area contributed by atoms with Crippen LogP contribution in [-0.4, -0.2) is 31.6 Å². The molecule has 2 aromatic carbocycles. The van der Waals surface area contributed by atoms with Gasteiger partial charge in [0.1, 0.15) is 11.5 Å². The number of hydrogen-bond donors (Lipinski definition) is 1. The molecule has 1 amide bonds. The summed E-state index contributed by atoms with van der Waals surface area (Å²) in [4.78, 5) is 31.9. The van der Waals surface area contributed by atoms with Crippen molar-refractivity contribution in [1.82, 2.24) is 0 Å². The lowest BCUT2D eigenvalue weighted by Crippen LogP contribution is -2.41. The van der Waals surface area contributed by atoms with E-state index >= 15 is 0 Å². The second-order valence-electron chi connectivity index (χ2n) is 10.2.